The Hall–Kier alpha value is -2.66. The minimum absolute atomic E-state index is 0.392. The molecule has 5 heteroatoms. The summed E-state index contributed by atoms with van der Waals surface area (Å²) in [4.78, 5) is 24.5. The van der Waals surface area contributed by atoms with E-state index in [0.717, 1.165) is 22.4 Å². The molecular weight excluding hydrogens is 302 g/mol. The Kier molecular flexibility index (Phi) is 6.09. The highest BCUT2D eigenvalue weighted by molar-refractivity contribution is 5.96. The van der Waals surface area contributed by atoms with Gasteiger partial charge in [-0.3, -0.25) is 10.1 Å². The molecule has 1 unspecified atom stereocenters. The highest BCUT2D eigenvalue weighted by Gasteiger charge is 2.29. The van der Waals surface area contributed by atoms with Crippen LogP contribution >= 0.6 is 0 Å². The lowest BCUT2D eigenvalue weighted by atomic mass is 10.0. The van der Waals surface area contributed by atoms with E-state index in [1.807, 2.05) is 37.4 Å². The number of likely N-dealkylation sites (N-methyl/N-ethyl adjacent to an activating group) is 1. The first kappa shape index (κ1) is 17.7. The van der Waals surface area contributed by atoms with Gasteiger partial charge in [0.2, 0.25) is 0 Å². The van der Waals surface area contributed by atoms with Crippen LogP contribution in [-0.2, 0) is 17.8 Å². The second-order valence-corrected chi connectivity index (χ2v) is 5.89. The summed E-state index contributed by atoms with van der Waals surface area (Å²) in [7, 11) is 1.94. The molecule has 4 N–H and O–H groups in total. The van der Waals surface area contributed by atoms with Crippen molar-refractivity contribution in [3.8, 4) is 0 Å². The van der Waals surface area contributed by atoms with E-state index in [0.29, 0.717) is 6.54 Å². The number of amides is 3. The Morgan fingerprint density at radius 2 is 1.62 bits per heavy atom. The van der Waals surface area contributed by atoms with Crippen LogP contribution in [0.25, 0.3) is 0 Å². The fourth-order valence-electron chi connectivity index (χ4n) is 2.82. The maximum atomic E-state index is 12.5. The molecular formula is C19H24N3O2+. The van der Waals surface area contributed by atoms with Gasteiger partial charge in [-0.25, -0.2) is 4.79 Å². The van der Waals surface area contributed by atoms with Crippen molar-refractivity contribution in [2.45, 2.75) is 25.9 Å². The van der Waals surface area contributed by atoms with E-state index in [1.54, 1.807) is 0 Å². The quantitative estimate of drug-likeness (QED) is 0.746. The van der Waals surface area contributed by atoms with Crippen molar-refractivity contribution in [3.63, 3.8) is 0 Å². The largest absolute Gasteiger partial charge is 0.351 e. The topological polar surface area (TPSA) is 76.6 Å². The molecule has 0 aliphatic heterocycles. The summed E-state index contributed by atoms with van der Waals surface area (Å²) in [5, 5.41) is 2.21. The summed E-state index contributed by atoms with van der Waals surface area (Å²) < 4.78 is 0. The van der Waals surface area contributed by atoms with Crippen molar-refractivity contribution in [1.82, 2.24) is 5.32 Å². The lowest BCUT2D eigenvalue weighted by molar-refractivity contribution is -0.916. The van der Waals surface area contributed by atoms with E-state index < -0.39 is 18.0 Å². The maximum Gasteiger partial charge on any atom is 0.319 e. The smallest absolute Gasteiger partial charge is 0.319 e. The second-order valence-electron chi connectivity index (χ2n) is 5.89. The molecule has 126 valence electrons. The van der Waals surface area contributed by atoms with Crippen LogP contribution in [0, 0.1) is 0 Å². The number of hydrogen-bond donors (Lipinski definition) is 3. The number of nitrogens with two attached hydrogens (primary N) is 1. The van der Waals surface area contributed by atoms with Gasteiger partial charge in [0.1, 0.15) is 6.54 Å². The molecule has 2 rings (SSSR count). The molecule has 0 spiro atoms. The van der Waals surface area contributed by atoms with Crippen LogP contribution in [0.3, 0.4) is 0 Å². The molecule has 2 aromatic carbocycles. The second kappa shape index (κ2) is 8.26. The van der Waals surface area contributed by atoms with Crippen LogP contribution in [0.5, 0.6) is 0 Å². The normalized spacial score (nSPS) is 13.1. The van der Waals surface area contributed by atoms with Crippen molar-refractivity contribution >= 4 is 11.9 Å². The number of imide groups is 1. The first-order valence-electron chi connectivity index (χ1n) is 8.06. The third-order valence-corrected chi connectivity index (χ3v) is 4.05. The van der Waals surface area contributed by atoms with E-state index in [2.05, 4.69) is 36.5 Å². The molecule has 0 fully saturated rings. The number of carbonyl (C=O) groups excluding carboxylic acids is 2. The summed E-state index contributed by atoms with van der Waals surface area (Å²) in [5.74, 6) is -0.392. The number of carbonyl (C=O) groups is 2. The fraction of sp³-hybridized carbons (Fsp3) is 0.263. The number of hydrogen-bond acceptors (Lipinski definition) is 2. The van der Waals surface area contributed by atoms with Gasteiger partial charge in [-0.15, -0.1) is 0 Å². The summed E-state index contributed by atoms with van der Waals surface area (Å²) in [6, 6.07) is 16.4. The molecule has 3 amide bonds. The van der Waals surface area contributed by atoms with Crippen LogP contribution < -0.4 is 16.0 Å². The number of urea groups is 1. The first-order chi connectivity index (χ1) is 11.5. The molecule has 0 aromatic heterocycles. The van der Waals surface area contributed by atoms with Crippen LogP contribution in [0.15, 0.2) is 54.6 Å². The molecule has 0 aliphatic rings. The molecule has 0 radical (unpaired) electrons. The zero-order valence-electron chi connectivity index (χ0n) is 14.1. The van der Waals surface area contributed by atoms with Gasteiger partial charge < -0.3 is 10.6 Å². The van der Waals surface area contributed by atoms with Crippen molar-refractivity contribution in [1.29, 1.82) is 0 Å². The lowest BCUT2D eigenvalue weighted by Crippen LogP contribution is -3.09. The van der Waals surface area contributed by atoms with Gasteiger partial charge >= 0.3 is 6.03 Å². The number of aryl methyl sites for hydroxylation is 1. The molecule has 0 bridgehead atoms. The highest BCUT2D eigenvalue weighted by atomic mass is 16.2. The maximum absolute atomic E-state index is 12.5. The van der Waals surface area contributed by atoms with Crippen molar-refractivity contribution in [3.05, 3.63) is 71.3 Å². The van der Waals surface area contributed by atoms with Gasteiger partial charge in [-0.05, 0) is 12.0 Å². The summed E-state index contributed by atoms with van der Waals surface area (Å²) in [6.07, 6.45) is 0.997. The summed E-state index contributed by atoms with van der Waals surface area (Å²) in [5.41, 5.74) is 8.38. The van der Waals surface area contributed by atoms with Gasteiger partial charge in [0, 0.05) is 11.1 Å². The Balaban J connectivity index is 2.21. The predicted octanol–water partition coefficient (Wildman–Crippen LogP) is 1.20. The van der Waals surface area contributed by atoms with E-state index in [1.165, 1.54) is 5.56 Å². The van der Waals surface area contributed by atoms with E-state index in [4.69, 9.17) is 5.73 Å². The number of quaternary nitrogens is 1. The average molecular weight is 326 g/mol. The first-order valence-corrected chi connectivity index (χ1v) is 8.06. The van der Waals surface area contributed by atoms with E-state index in [-0.39, 0.29) is 0 Å². The fourth-order valence-corrected chi connectivity index (χ4v) is 2.82. The van der Waals surface area contributed by atoms with Crippen LogP contribution in [0.4, 0.5) is 4.79 Å². The molecule has 0 aliphatic carbocycles. The van der Waals surface area contributed by atoms with Crippen LogP contribution in [-0.4, -0.2) is 19.0 Å². The third-order valence-electron chi connectivity index (χ3n) is 4.05. The Labute approximate surface area is 142 Å². The Bertz CT molecular complexity index is 684. The van der Waals surface area contributed by atoms with Crippen LogP contribution in [0.2, 0.25) is 0 Å². The van der Waals surface area contributed by atoms with E-state index >= 15 is 0 Å². The molecule has 2 atom stereocenters. The monoisotopic (exact) mass is 326 g/mol. The van der Waals surface area contributed by atoms with Gasteiger partial charge in [-0.1, -0.05) is 61.5 Å². The van der Waals surface area contributed by atoms with E-state index in [9.17, 15) is 9.59 Å². The molecule has 0 saturated heterocycles. The predicted molar refractivity (Wildman–Crippen MR) is 93.3 cm³/mol. The minimum Gasteiger partial charge on any atom is -0.351 e. The summed E-state index contributed by atoms with van der Waals surface area (Å²) >= 11 is 0. The number of nitrogens with one attached hydrogen (secondary N) is 2. The van der Waals surface area contributed by atoms with Crippen molar-refractivity contribution in [2.75, 3.05) is 7.05 Å². The zero-order chi connectivity index (χ0) is 17.5. The summed E-state index contributed by atoms with van der Waals surface area (Å²) in [6.45, 7) is 2.78. The zero-order valence-corrected chi connectivity index (χ0v) is 14.1. The molecule has 0 saturated carbocycles. The minimum atomic E-state index is -0.832. The molecule has 24 heavy (non-hydrogen) atoms. The Morgan fingerprint density at radius 1 is 1.04 bits per heavy atom. The van der Waals surface area contributed by atoms with Gasteiger partial charge in [0.15, 0.2) is 6.04 Å². The lowest BCUT2D eigenvalue weighted by Gasteiger charge is -2.24. The number of primary amides is 1. The standard InChI is InChI=1S/C19H23N3O2/c1-3-14-9-11-15(12-10-14)13-22(2)17(18(23)21-19(20)24)16-7-5-4-6-8-16/h4-12,17H,3,13H2,1-2H3,(H3,20,21,23,24)/p+1/t17-/m1/s1. The highest BCUT2D eigenvalue weighted by Crippen LogP contribution is 2.11. The molecule has 2 aromatic rings. The van der Waals surface area contributed by atoms with Gasteiger partial charge in [-0.2, -0.15) is 0 Å². The average Bonchev–Trinajstić information content (AvgIpc) is 2.56. The SMILES string of the molecule is CCc1ccc(C[NH+](C)[C@@H](C(=O)NC(N)=O)c2ccccc2)cc1. The third kappa shape index (κ3) is 4.67. The number of benzene rings is 2. The van der Waals surface area contributed by atoms with Crippen molar-refractivity contribution < 1.29 is 14.5 Å². The van der Waals surface area contributed by atoms with Gasteiger partial charge in [0.25, 0.3) is 5.91 Å². The molecule has 0 heterocycles. The Morgan fingerprint density at radius 3 is 2.17 bits per heavy atom. The van der Waals surface area contributed by atoms with Crippen molar-refractivity contribution in [2.24, 2.45) is 5.73 Å². The number of rotatable bonds is 6. The van der Waals surface area contributed by atoms with Gasteiger partial charge in [0.05, 0.1) is 7.05 Å². The molecule has 5 nitrogen and oxygen atoms in total. The van der Waals surface area contributed by atoms with Crippen LogP contribution in [0.1, 0.15) is 29.7 Å².